The number of carbonyl (C=O) groups is 1. The summed E-state index contributed by atoms with van der Waals surface area (Å²) >= 11 is 0. The first-order chi connectivity index (χ1) is 7.60. The molecule has 3 nitrogen and oxygen atoms in total. The van der Waals surface area contributed by atoms with Crippen molar-refractivity contribution in [3.8, 4) is 5.75 Å². The lowest BCUT2D eigenvalue weighted by Crippen LogP contribution is -2.49. The summed E-state index contributed by atoms with van der Waals surface area (Å²) < 4.78 is 10.7. The van der Waals surface area contributed by atoms with E-state index in [4.69, 9.17) is 9.47 Å². The van der Waals surface area contributed by atoms with Crippen LogP contribution in [0.5, 0.6) is 5.75 Å². The average Bonchev–Trinajstić information content (AvgIpc) is 2.68. The third-order valence-electron chi connectivity index (χ3n) is 3.18. The standard InChI is InChI=1S/C13H16O3/c1-9(2)13(12(14)15-3)8-10-6-4-5-7-11(10)16-13/h4-7,9H,8H2,1-3H3/t13-/m0/s1. The molecule has 1 aliphatic rings. The summed E-state index contributed by atoms with van der Waals surface area (Å²) in [5.41, 5.74) is 0.222. The molecule has 0 aliphatic carbocycles. The van der Waals surface area contributed by atoms with Crippen molar-refractivity contribution in [1.29, 1.82) is 0 Å². The summed E-state index contributed by atoms with van der Waals surface area (Å²) in [6.45, 7) is 3.95. The second-order valence-electron chi connectivity index (χ2n) is 4.42. The van der Waals surface area contributed by atoms with Crippen LogP contribution in [0, 0.1) is 5.92 Å². The maximum Gasteiger partial charge on any atom is 0.350 e. The van der Waals surface area contributed by atoms with E-state index in [9.17, 15) is 4.79 Å². The smallest absolute Gasteiger partial charge is 0.350 e. The van der Waals surface area contributed by atoms with Crippen LogP contribution in [-0.2, 0) is 16.0 Å². The Morgan fingerprint density at radius 1 is 1.44 bits per heavy atom. The molecule has 0 amide bonds. The van der Waals surface area contributed by atoms with Gasteiger partial charge in [-0.25, -0.2) is 4.79 Å². The van der Waals surface area contributed by atoms with E-state index >= 15 is 0 Å². The Labute approximate surface area is 95.4 Å². The van der Waals surface area contributed by atoms with Crippen LogP contribution in [0.4, 0.5) is 0 Å². The summed E-state index contributed by atoms with van der Waals surface area (Å²) in [6, 6.07) is 7.74. The Bertz CT molecular complexity index is 384. The molecule has 0 N–H and O–H groups in total. The third kappa shape index (κ3) is 1.47. The number of rotatable bonds is 2. The van der Waals surface area contributed by atoms with Gasteiger partial charge in [0.25, 0.3) is 0 Å². The molecule has 16 heavy (non-hydrogen) atoms. The summed E-state index contributed by atoms with van der Waals surface area (Å²) in [6.07, 6.45) is 0.591. The zero-order valence-electron chi connectivity index (χ0n) is 9.82. The van der Waals surface area contributed by atoms with E-state index in [1.807, 2.05) is 38.1 Å². The van der Waals surface area contributed by atoms with Crippen molar-refractivity contribution in [2.75, 3.05) is 7.11 Å². The molecule has 0 aromatic heterocycles. The molecule has 3 heteroatoms. The fourth-order valence-corrected chi connectivity index (χ4v) is 2.11. The van der Waals surface area contributed by atoms with Gasteiger partial charge in [0.05, 0.1) is 7.11 Å². The van der Waals surface area contributed by atoms with E-state index in [-0.39, 0.29) is 11.9 Å². The van der Waals surface area contributed by atoms with E-state index in [1.165, 1.54) is 7.11 Å². The van der Waals surface area contributed by atoms with Gasteiger partial charge in [0, 0.05) is 12.3 Å². The number of benzene rings is 1. The second kappa shape index (κ2) is 3.81. The van der Waals surface area contributed by atoms with Gasteiger partial charge < -0.3 is 9.47 Å². The van der Waals surface area contributed by atoms with Gasteiger partial charge in [-0.3, -0.25) is 0 Å². The fraction of sp³-hybridized carbons (Fsp3) is 0.462. The normalized spacial score (nSPS) is 22.8. The Morgan fingerprint density at radius 3 is 2.69 bits per heavy atom. The molecular formula is C13H16O3. The highest BCUT2D eigenvalue weighted by Crippen LogP contribution is 2.39. The molecule has 0 spiro atoms. The maximum absolute atomic E-state index is 11.9. The van der Waals surface area contributed by atoms with E-state index in [1.54, 1.807) is 0 Å². The lowest BCUT2D eigenvalue weighted by molar-refractivity contribution is -0.161. The van der Waals surface area contributed by atoms with Crippen molar-refractivity contribution >= 4 is 5.97 Å². The minimum Gasteiger partial charge on any atom is -0.475 e. The lowest BCUT2D eigenvalue weighted by atomic mass is 9.86. The van der Waals surface area contributed by atoms with Crippen LogP contribution in [-0.4, -0.2) is 18.7 Å². The predicted molar refractivity (Wildman–Crippen MR) is 60.4 cm³/mol. The third-order valence-corrected chi connectivity index (χ3v) is 3.18. The first-order valence-electron chi connectivity index (χ1n) is 5.45. The largest absolute Gasteiger partial charge is 0.475 e. The van der Waals surface area contributed by atoms with Crippen molar-refractivity contribution < 1.29 is 14.3 Å². The molecule has 1 aliphatic heterocycles. The van der Waals surface area contributed by atoms with Gasteiger partial charge in [-0.05, 0) is 11.6 Å². The van der Waals surface area contributed by atoms with Crippen LogP contribution in [0.1, 0.15) is 19.4 Å². The summed E-state index contributed by atoms with van der Waals surface area (Å²) in [4.78, 5) is 11.9. The maximum atomic E-state index is 11.9. The molecule has 0 saturated carbocycles. The number of hydrogen-bond acceptors (Lipinski definition) is 3. The molecule has 1 atom stereocenters. The number of ether oxygens (including phenoxy) is 2. The van der Waals surface area contributed by atoms with Crippen LogP contribution in [0.15, 0.2) is 24.3 Å². The summed E-state index contributed by atoms with van der Waals surface area (Å²) in [5, 5.41) is 0. The van der Waals surface area contributed by atoms with Crippen molar-refractivity contribution in [2.45, 2.75) is 25.9 Å². The molecular weight excluding hydrogens is 204 g/mol. The summed E-state index contributed by atoms with van der Waals surface area (Å²) in [5.74, 6) is 0.577. The Kier molecular flexibility index (Phi) is 2.62. The van der Waals surface area contributed by atoms with Gasteiger partial charge in [-0.15, -0.1) is 0 Å². The van der Waals surface area contributed by atoms with Gasteiger partial charge >= 0.3 is 5.97 Å². The SMILES string of the molecule is COC(=O)[C@@]1(C(C)C)Cc2ccccc2O1. The molecule has 1 heterocycles. The number of fused-ring (bicyclic) bond motifs is 1. The number of methoxy groups -OCH3 is 1. The number of para-hydroxylation sites is 1. The zero-order valence-corrected chi connectivity index (χ0v) is 9.82. The number of esters is 1. The predicted octanol–water partition coefficient (Wildman–Crippen LogP) is 2.19. The Balaban J connectivity index is 2.38. The zero-order chi connectivity index (χ0) is 11.8. The average molecular weight is 220 g/mol. The van der Waals surface area contributed by atoms with Gasteiger partial charge in [-0.1, -0.05) is 32.0 Å². The van der Waals surface area contributed by atoms with Crippen molar-refractivity contribution in [3.63, 3.8) is 0 Å². The van der Waals surface area contributed by atoms with Crippen LogP contribution in [0.25, 0.3) is 0 Å². The molecule has 2 rings (SSSR count). The molecule has 0 radical (unpaired) electrons. The molecule has 86 valence electrons. The molecule has 0 fully saturated rings. The highest BCUT2D eigenvalue weighted by molar-refractivity contribution is 5.82. The van der Waals surface area contributed by atoms with Crippen LogP contribution >= 0.6 is 0 Å². The first kappa shape index (κ1) is 11.0. The number of carbonyl (C=O) groups excluding carboxylic acids is 1. The minimum atomic E-state index is -0.849. The van der Waals surface area contributed by atoms with Gasteiger partial charge in [0.1, 0.15) is 5.75 Å². The van der Waals surface area contributed by atoms with E-state index in [0.717, 1.165) is 11.3 Å². The topological polar surface area (TPSA) is 35.5 Å². The van der Waals surface area contributed by atoms with Gasteiger partial charge in [-0.2, -0.15) is 0 Å². The van der Waals surface area contributed by atoms with Crippen LogP contribution in [0.2, 0.25) is 0 Å². The first-order valence-corrected chi connectivity index (χ1v) is 5.45. The molecule has 1 aromatic carbocycles. The highest BCUT2D eigenvalue weighted by Gasteiger charge is 2.49. The Morgan fingerprint density at radius 2 is 2.12 bits per heavy atom. The Hall–Kier alpha value is -1.51. The molecule has 0 saturated heterocycles. The molecule has 0 bridgehead atoms. The second-order valence-corrected chi connectivity index (χ2v) is 4.42. The molecule has 0 unspecified atom stereocenters. The van der Waals surface area contributed by atoms with Crippen LogP contribution < -0.4 is 4.74 Å². The molecule has 1 aromatic rings. The fourth-order valence-electron chi connectivity index (χ4n) is 2.11. The van der Waals surface area contributed by atoms with Crippen LogP contribution in [0.3, 0.4) is 0 Å². The van der Waals surface area contributed by atoms with E-state index < -0.39 is 5.60 Å². The summed E-state index contributed by atoms with van der Waals surface area (Å²) in [7, 11) is 1.40. The van der Waals surface area contributed by atoms with Crippen molar-refractivity contribution in [2.24, 2.45) is 5.92 Å². The highest BCUT2D eigenvalue weighted by atomic mass is 16.6. The number of hydrogen-bond donors (Lipinski definition) is 0. The van der Waals surface area contributed by atoms with E-state index in [2.05, 4.69) is 0 Å². The van der Waals surface area contributed by atoms with Crippen molar-refractivity contribution in [1.82, 2.24) is 0 Å². The van der Waals surface area contributed by atoms with Gasteiger partial charge in [0.15, 0.2) is 0 Å². The van der Waals surface area contributed by atoms with E-state index in [0.29, 0.717) is 6.42 Å². The van der Waals surface area contributed by atoms with Gasteiger partial charge in [0.2, 0.25) is 5.60 Å². The monoisotopic (exact) mass is 220 g/mol. The minimum absolute atomic E-state index is 0.0762. The lowest BCUT2D eigenvalue weighted by Gasteiger charge is -2.29. The van der Waals surface area contributed by atoms with Crippen molar-refractivity contribution in [3.05, 3.63) is 29.8 Å². The quantitative estimate of drug-likeness (QED) is 0.717.